The predicted octanol–water partition coefficient (Wildman–Crippen LogP) is 0.688. The second-order valence-electron chi connectivity index (χ2n) is 5.33. The fourth-order valence-corrected chi connectivity index (χ4v) is 2.27. The average Bonchev–Trinajstić information content (AvgIpc) is 2.34. The molecule has 1 rings (SSSR count). The number of piperidine rings is 1. The van der Waals surface area contributed by atoms with Gasteiger partial charge in [-0.05, 0) is 32.2 Å². The number of carbonyl (C=O) groups excluding carboxylic acids is 2. The van der Waals surface area contributed by atoms with Gasteiger partial charge >= 0.3 is 5.97 Å². The van der Waals surface area contributed by atoms with Gasteiger partial charge in [-0.1, -0.05) is 13.8 Å². The van der Waals surface area contributed by atoms with Crippen molar-refractivity contribution < 1.29 is 14.3 Å². The van der Waals surface area contributed by atoms with Crippen molar-refractivity contribution in [2.24, 2.45) is 11.8 Å². The highest BCUT2D eigenvalue weighted by atomic mass is 16.5. The van der Waals surface area contributed by atoms with Gasteiger partial charge < -0.3 is 15.4 Å². The molecule has 0 saturated carbocycles. The number of amides is 1. The summed E-state index contributed by atoms with van der Waals surface area (Å²) < 4.78 is 4.72. The number of esters is 1. The quantitative estimate of drug-likeness (QED) is 0.726. The van der Waals surface area contributed by atoms with Gasteiger partial charge in [-0.15, -0.1) is 0 Å². The molecule has 0 aromatic rings. The van der Waals surface area contributed by atoms with E-state index in [-0.39, 0.29) is 23.7 Å². The van der Waals surface area contributed by atoms with Crippen LogP contribution in [0.15, 0.2) is 0 Å². The minimum Gasteiger partial charge on any atom is -0.467 e. The Morgan fingerprint density at radius 2 is 2.06 bits per heavy atom. The SMILES string of the molecule is COC(=O)[C@@H](NC(=O)C1CCNC(C)C1)C(C)C. The summed E-state index contributed by atoms with van der Waals surface area (Å²) in [6, 6.07) is -0.196. The van der Waals surface area contributed by atoms with E-state index in [1.54, 1.807) is 0 Å². The second kappa shape index (κ2) is 6.73. The number of nitrogens with one attached hydrogen (secondary N) is 2. The molecule has 0 aliphatic carbocycles. The van der Waals surface area contributed by atoms with Crippen LogP contribution in [0.2, 0.25) is 0 Å². The largest absolute Gasteiger partial charge is 0.467 e. The van der Waals surface area contributed by atoms with E-state index in [0.717, 1.165) is 19.4 Å². The summed E-state index contributed by atoms with van der Waals surface area (Å²) in [6.45, 7) is 6.71. The number of hydrogen-bond acceptors (Lipinski definition) is 4. The average molecular weight is 256 g/mol. The maximum atomic E-state index is 12.1. The van der Waals surface area contributed by atoms with Crippen LogP contribution in [0.4, 0.5) is 0 Å². The molecule has 0 spiro atoms. The van der Waals surface area contributed by atoms with Crippen LogP contribution in [-0.2, 0) is 14.3 Å². The lowest BCUT2D eigenvalue weighted by Gasteiger charge is -2.29. The summed E-state index contributed by atoms with van der Waals surface area (Å²) in [5.41, 5.74) is 0. The molecule has 5 nitrogen and oxygen atoms in total. The Morgan fingerprint density at radius 1 is 1.39 bits per heavy atom. The van der Waals surface area contributed by atoms with Gasteiger partial charge in [-0.2, -0.15) is 0 Å². The van der Waals surface area contributed by atoms with Crippen LogP contribution < -0.4 is 10.6 Å². The van der Waals surface area contributed by atoms with E-state index < -0.39 is 6.04 Å². The van der Waals surface area contributed by atoms with Crippen molar-refractivity contribution in [2.45, 2.75) is 45.7 Å². The van der Waals surface area contributed by atoms with Crippen LogP contribution in [0.3, 0.4) is 0 Å². The molecule has 104 valence electrons. The molecule has 0 radical (unpaired) electrons. The zero-order valence-corrected chi connectivity index (χ0v) is 11.7. The van der Waals surface area contributed by atoms with E-state index in [1.165, 1.54) is 7.11 Å². The molecular formula is C13H24N2O3. The molecule has 5 heteroatoms. The smallest absolute Gasteiger partial charge is 0.328 e. The summed E-state index contributed by atoms with van der Waals surface area (Å²) in [5.74, 6) is -0.388. The van der Waals surface area contributed by atoms with Crippen molar-refractivity contribution in [1.29, 1.82) is 0 Å². The highest BCUT2D eigenvalue weighted by Crippen LogP contribution is 2.17. The minimum atomic E-state index is -0.548. The van der Waals surface area contributed by atoms with Crippen molar-refractivity contribution >= 4 is 11.9 Å². The van der Waals surface area contributed by atoms with Crippen LogP contribution >= 0.6 is 0 Å². The van der Waals surface area contributed by atoms with Gasteiger partial charge in [0.1, 0.15) is 6.04 Å². The second-order valence-corrected chi connectivity index (χ2v) is 5.33. The summed E-state index contributed by atoms with van der Waals surface area (Å²) in [4.78, 5) is 23.7. The highest BCUT2D eigenvalue weighted by molar-refractivity contribution is 5.86. The van der Waals surface area contributed by atoms with Gasteiger partial charge in [-0.3, -0.25) is 4.79 Å². The molecule has 1 fully saturated rings. The molecule has 18 heavy (non-hydrogen) atoms. The lowest BCUT2D eigenvalue weighted by atomic mass is 9.91. The molecule has 1 aliphatic rings. The summed E-state index contributed by atoms with van der Waals surface area (Å²) in [6.07, 6.45) is 1.64. The Morgan fingerprint density at radius 3 is 2.56 bits per heavy atom. The first-order valence-corrected chi connectivity index (χ1v) is 6.57. The van der Waals surface area contributed by atoms with Crippen LogP contribution in [0.5, 0.6) is 0 Å². The molecule has 1 saturated heterocycles. The highest BCUT2D eigenvalue weighted by Gasteiger charge is 2.30. The Kier molecular flexibility index (Phi) is 5.59. The molecule has 3 atom stereocenters. The van der Waals surface area contributed by atoms with Crippen molar-refractivity contribution in [3.05, 3.63) is 0 Å². The van der Waals surface area contributed by atoms with Crippen molar-refractivity contribution in [2.75, 3.05) is 13.7 Å². The molecule has 2 N–H and O–H groups in total. The van der Waals surface area contributed by atoms with Crippen LogP contribution in [0.1, 0.15) is 33.6 Å². The molecule has 0 aromatic carbocycles. The van der Waals surface area contributed by atoms with E-state index >= 15 is 0 Å². The first kappa shape index (κ1) is 15.0. The topological polar surface area (TPSA) is 67.4 Å². The monoisotopic (exact) mass is 256 g/mol. The van der Waals surface area contributed by atoms with E-state index in [2.05, 4.69) is 17.6 Å². The van der Waals surface area contributed by atoms with E-state index in [0.29, 0.717) is 6.04 Å². The summed E-state index contributed by atoms with van der Waals surface area (Å²) >= 11 is 0. The zero-order valence-electron chi connectivity index (χ0n) is 11.7. The summed E-state index contributed by atoms with van der Waals surface area (Å²) in [7, 11) is 1.34. The number of carbonyl (C=O) groups is 2. The first-order valence-electron chi connectivity index (χ1n) is 6.57. The van der Waals surface area contributed by atoms with Gasteiger partial charge in [-0.25, -0.2) is 4.79 Å². The molecule has 0 aromatic heterocycles. The Balaban J connectivity index is 2.58. The molecular weight excluding hydrogens is 232 g/mol. The van der Waals surface area contributed by atoms with E-state index in [1.807, 2.05) is 13.8 Å². The van der Waals surface area contributed by atoms with Crippen molar-refractivity contribution in [1.82, 2.24) is 10.6 Å². The van der Waals surface area contributed by atoms with Gasteiger partial charge in [0.25, 0.3) is 0 Å². The van der Waals surface area contributed by atoms with E-state index in [4.69, 9.17) is 4.74 Å². The number of rotatable bonds is 4. The molecule has 2 unspecified atom stereocenters. The molecule has 1 aliphatic heterocycles. The first-order chi connectivity index (χ1) is 8.45. The third-order valence-corrected chi connectivity index (χ3v) is 3.41. The normalized spacial score (nSPS) is 25.6. The van der Waals surface area contributed by atoms with Gasteiger partial charge in [0.05, 0.1) is 7.11 Å². The Hall–Kier alpha value is -1.10. The van der Waals surface area contributed by atoms with Crippen LogP contribution in [0, 0.1) is 11.8 Å². The Bertz CT molecular complexity index is 305. The van der Waals surface area contributed by atoms with E-state index in [9.17, 15) is 9.59 Å². The third-order valence-electron chi connectivity index (χ3n) is 3.41. The fourth-order valence-electron chi connectivity index (χ4n) is 2.27. The number of ether oxygens (including phenoxy) is 1. The fraction of sp³-hybridized carbons (Fsp3) is 0.846. The summed E-state index contributed by atoms with van der Waals surface area (Å²) in [5, 5.41) is 6.12. The maximum Gasteiger partial charge on any atom is 0.328 e. The lowest BCUT2D eigenvalue weighted by Crippen LogP contribution is -2.49. The lowest BCUT2D eigenvalue weighted by molar-refractivity contribution is -0.147. The van der Waals surface area contributed by atoms with Gasteiger partial charge in [0.15, 0.2) is 0 Å². The predicted molar refractivity (Wildman–Crippen MR) is 69.0 cm³/mol. The molecule has 0 bridgehead atoms. The number of hydrogen-bond donors (Lipinski definition) is 2. The van der Waals surface area contributed by atoms with Gasteiger partial charge in [0, 0.05) is 12.0 Å². The third kappa shape index (κ3) is 3.98. The standard InChI is InChI=1S/C13H24N2O3/c1-8(2)11(13(17)18-4)15-12(16)10-5-6-14-9(3)7-10/h8-11,14H,5-7H2,1-4H3,(H,15,16)/t9?,10?,11-/m0/s1. The molecule has 1 amide bonds. The molecule has 1 heterocycles. The van der Waals surface area contributed by atoms with Crippen LogP contribution in [-0.4, -0.2) is 37.6 Å². The zero-order chi connectivity index (χ0) is 13.7. The van der Waals surface area contributed by atoms with Gasteiger partial charge in [0.2, 0.25) is 5.91 Å². The van der Waals surface area contributed by atoms with Crippen molar-refractivity contribution in [3.8, 4) is 0 Å². The number of methoxy groups -OCH3 is 1. The van der Waals surface area contributed by atoms with Crippen molar-refractivity contribution in [3.63, 3.8) is 0 Å². The maximum absolute atomic E-state index is 12.1. The van der Waals surface area contributed by atoms with Crippen LogP contribution in [0.25, 0.3) is 0 Å². The Labute approximate surface area is 109 Å². The minimum absolute atomic E-state index is 0.00726.